The molecule has 0 aromatic heterocycles. The topological polar surface area (TPSA) is 84.9 Å². The first-order valence-electron chi connectivity index (χ1n) is 7.74. The number of sulfonamides is 1. The SMILES string of the molecule is CCCN(CC(=O)NCCc1ccc(OC)c(OC)c1)S(C)(=O)=O. The van der Waals surface area contributed by atoms with E-state index >= 15 is 0 Å². The average Bonchev–Trinajstić information content (AvgIpc) is 2.53. The second-order valence-electron chi connectivity index (χ2n) is 5.39. The van der Waals surface area contributed by atoms with Gasteiger partial charge in [0.15, 0.2) is 11.5 Å². The Labute approximate surface area is 144 Å². The highest BCUT2D eigenvalue weighted by Gasteiger charge is 2.18. The molecule has 0 spiro atoms. The Kier molecular flexibility index (Phi) is 8.00. The number of nitrogens with one attached hydrogen (secondary N) is 1. The number of rotatable bonds is 10. The first-order valence-corrected chi connectivity index (χ1v) is 9.59. The summed E-state index contributed by atoms with van der Waals surface area (Å²) in [6, 6.07) is 5.56. The van der Waals surface area contributed by atoms with Crippen LogP contribution in [0.4, 0.5) is 0 Å². The monoisotopic (exact) mass is 358 g/mol. The number of nitrogens with zero attached hydrogens (tertiary/aromatic N) is 1. The van der Waals surface area contributed by atoms with Crippen molar-refractivity contribution in [3.63, 3.8) is 0 Å². The van der Waals surface area contributed by atoms with Crippen LogP contribution in [0.15, 0.2) is 18.2 Å². The van der Waals surface area contributed by atoms with Crippen molar-refractivity contribution in [1.82, 2.24) is 9.62 Å². The molecule has 0 aliphatic rings. The van der Waals surface area contributed by atoms with E-state index in [0.29, 0.717) is 37.4 Å². The molecule has 1 aromatic rings. The molecule has 24 heavy (non-hydrogen) atoms. The molecule has 0 fully saturated rings. The molecular formula is C16H26N2O5S. The molecule has 0 aliphatic carbocycles. The number of benzene rings is 1. The van der Waals surface area contributed by atoms with Crippen molar-refractivity contribution in [3.8, 4) is 11.5 Å². The Hall–Kier alpha value is -1.80. The molecule has 7 nitrogen and oxygen atoms in total. The third kappa shape index (κ3) is 6.37. The summed E-state index contributed by atoms with van der Waals surface area (Å²) < 4.78 is 34.8. The number of hydrogen-bond donors (Lipinski definition) is 1. The fraction of sp³-hybridized carbons (Fsp3) is 0.562. The summed E-state index contributed by atoms with van der Waals surface area (Å²) in [6.07, 6.45) is 2.38. The smallest absolute Gasteiger partial charge is 0.235 e. The van der Waals surface area contributed by atoms with Gasteiger partial charge in [-0.3, -0.25) is 4.79 Å². The van der Waals surface area contributed by atoms with Crippen LogP contribution in [-0.2, 0) is 21.2 Å². The Morgan fingerprint density at radius 1 is 1.21 bits per heavy atom. The van der Waals surface area contributed by atoms with Gasteiger partial charge in [-0.15, -0.1) is 0 Å². The highest BCUT2D eigenvalue weighted by molar-refractivity contribution is 7.88. The predicted molar refractivity (Wildman–Crippen MR) is 93.0 cm³/mol. The summed E-state index contributed by atoms with van der Waals surface area (Å²) in [6.45, 7) is 2.46. The zero-order valence-corrected chi connectivity index (χ0v) is 15.5. The molecular weight excluding hydrogens is 332 g/mol. The van der Waals surface area contributed by atoms with Gasteiger partial charge >= 0.3 is 0 Å². The van der Waals surface area contributed by atoms with E-state index in [9.17, 15) is 13.2 Å². The maximum absolute atomic E-state index is 11.9. The van der Waals surface area contributed by atoms with Crippen molar-refractivity contribution in [2.24, 2.45) is 0 Å². The fourth-order valence-corrected chi connectivity index (χ4v) is 3.08. The van der Waals surface area contributed by atoms with E-state index in [1.165, 1.54) is 4.31 Å². The van der Waals surface area contributed by atoms with Gasteiger partial charge in [0.2, 0.25) is 15.9 Å². The molecule has 1 rings (SSSR count). The molecule has 0 saturated carbocycles. The van der Waals surface area contributed by atoms with Crippen molar-refractivity contribution in [1.29, 1.82) is 0 Å². The highest BCUT2D eigenvalue weighted by atomic mass is 32.2. The molecule has 1 N–H and O–H groups in total. The van der Waals surface area contributed by atoms with Crippen molar-refractivity contribution in [2.45, 2.75) is 19.8 Å². The third-order valence-electron chi connectivity index (χ3n) is 3.45. The van der Waals surface area contributed by atoms with Crippen LogP contribution in [0.25, 0.3) is 0 Å². The van der Waals surface area contributed by atoms with E-state index in [0.717, 1.165) is 11.8 Å². The van der Waals surface area contributed by atoms with E-state index in [1.54, 1.807) is 14.2 Å². The molecule has 8 heteroatoms. The van der Waals surface area contributed by atoms with Crippen LogP contribution in [-0.4, -0.2) is 58.7 Å². The van der Waals surface area contributed by atoms with Crippen molar-refractivity contribution in [2.75, 3.05) is 40.1 Å². The number of carbonyl (C=O) groups is 1. The summed E-state index contributed by atoms with van der Waals surface area (Å²) in [4.78, 5) is 11.9. The molecule has 1 amide bonds. The van der Waals surface area contributed by atoms with E-state index in [4.69, 9.17) is 9.47 Å². The minimum atomic E-state index is -3.37. The van der Waals surface area contributed by atoms with Crippen molar-refractivity contribution >= 4 is 15.9 Å². The largest absolute Gasteiger partial charge is 0.493 e. The number of amides is 1. The van der Waals surface area contributed by atoms with Crippen LogP contribution in [0.3, 0.4) is 0 Å². The molecule has 0 atom stereocenters. The number of hydrogen-bond acceptors (Lipinski definition) is 5. The van der Waals surface area contributed by atoms with Crippen LogP contribution in [0.5, 0.6) is 11.5 Å². The van der Waals surface area contributed by atoms with Crippen LogP contribution in [0.2, 0.25) is 0 Å². The van der Waals surface area contributed by atoms with Gasteiger partial charge in [-0.1, -0.05) is 13.0 Å². The molecule has 1 aromatic carbocycles. The van der Waals surface area contributed by atoms with Gasteiger partial charge in [0, 0.05) is 13.1 Å². The summed E-state index contributed by atoms with van der Waals surface area (Å²) >= 11 is 0. The molecule has 0 unspecified atom stereocenters. The lowest BCUT2D eigenvalue weighted by molar-refractivity contribution is -0.121. The summed E-state index contributed by atoms with van der Waals surface area (Å²) in [5.74, 6) is 0.968. The van der Waals surface area contributed by atoms with E-state index in [-0.39, 0.29) is 12.5 Å². The molecule has 0 radical (unpaired) electrons. The Bertz CT molecular complexity index is 646. The number of ether oxygens (including phenoxy) is 2. The average molecular weight is 358 g/mol. The van der Waals surface area contributed by atoms with Gasteiger partial charge in [0.1, 0.15) is 0 Å². The Morgan fingerprint density at radius 3 is 2.42 bits per heavy atom. The summed E-state index contributed by atoms with van der Waals surface area (Å²) in [5, 5.41) is 2.74. The molecule has 136 valence electrons. The lowest BCUT2D eigenvalue weighted by Gasteiger charge is -2.18. The Balaban J connectivity index is 2.53. The zero-order valence-electron chi connectivity index (χ0n) is 14.7. The number of carbonyl (C=O) groups excluding carboxylic acids is 1. The second kappa shape index (κ2) is 9.48. The molecule has 0 bridgehead atoms. The lowest BCUT2D eigenvalue weighted by atomic mass is 10.1. The van der Waals surface area contributed by atoms with Crippen LogP contribution in [0.1, 0.15) is 18.9 Å². The maximum Gasteiger partial charge on any atom is 0.235 e. The maximum atomic E-state index is 11.9. The van der Waals surface area contributed by atoms with E-state index in [1.807, 2.05) is 25.1 Å². The first kappa shape index (κ1) is 20.2. The zero-order chi connectivity index (χ0) is 18.2. The quantitative estimate of drug-likeness (QED) is 0.675. The van der Waals surface area contributed by atoms with Crippen LogP contribution in [0, 0.1) is 0 Å². The Morgan fingerprint density at radius 2 is 1.88 bits per heavy atom. The van der Waals surface area contributed by atoms with Gasteiger partial charge in [0.25, 0.3) is 0 Å². The molecule has 0 heterocycles. The summed E-state index contributed by atoms with van der Waals surface area (Å²) in [7, 11) is -0.237. The van der Waals surface area contributed by atoms with Crippen molar-refractivity contribution in [3.05, 3.63) is 23.8 Å². The molecule has 0 saturated heterocycles. The lowest BCUT2D eigenvalue weighted by Crippen LogP contribution is -2.41. The first-order chi connectivity index (χ1) is 11.3. The minimum Gasteiger partial charge on any atom is -0.493 e. The fourth-order valence-electron chi connectivity index (χ4n) is 2.21. The predicted octanol–water partition coefficient (Wildman–Crippen LogP) is 1.03. The van der Waals surface area contributed by atoms with Gasteiger partial charge in [-0.25, -0.2) is 8.42 Å². The van der Waals surface area contributed by atoms with Gasteiger partial charge < -0.3 is 14.8 Å². The van der Waals surface area contributed by atoms with Gasteiger partial charge in [-0.05, 0) is 30.5 Å². The number of methoxy groups -OCH3 is 2. The van der Waals surface area contributed by atoms with Crippen LogP contribution >= 0.6 is 0 Å². The van der Waals surface area contributed by atoms with E-state index in [2.05, 4.69) is 5.32 Å². The minimum absolute atomic E-state index is 0.154. The van der Waals surface area contributed by atoms with Gasteiger partial charge in [0.05, 0.1) is 27.0 Å². The van der Waals surface area contributed by atoms with Crippen LogP contribution < -0.4 is 14.8 Å². The van der Waals surface area contributed by atoms with Crippen molar-refractivity contribution < 1.29 is 22.7 Å². The molecule has 0 aliphatic heterocycles. The van der Waals surface area contributed by atoms with E-state index < -0.39 is 10.0 Å². The third-order valence-corrected chi connectivity index (χ3v) is 4.70. The van der Waals surface area contributed by atoms with Gasteiger partial charge in [-0.2, -0.15) is 4.31 Å². The normalized spacial score (nSPS) is 11.4. The standard InChI is InChI=1S/C16H26N2O5S/c1-5-10-18(24(4,20)21)12-16(19)17-9-8-13-6-7-14(22-2)15(11-13)23-3/h6-7,11H,5,8-10,12H2,1-4H3,(H,17,19). The summed E-state index contributed by atoms with van der Waals surface area (Å²) in [5.41, 5.74) is 0.987. The second-order valence-corrected chi connectivity index (χ2v) is 7.37. The highest BCUT2D eigenvalue weighted by Crippen LogP contribution is 2.27.